The second-order valence-electron chi connectivity index (χ2n) is 12.9. The van der Waals surface area contributed by atoms with Crippen LogP contribution in [0.5, 0.6) is 0 Å². The van der Waals surface area contributed by atoms with Crippen molar-refractivity contribution in [2.24, 2.45) is 17.3 Å². The molecule has 13 heteroatoms. The van der Waals surface area contributed by atoms with Crippen LogP contribution in [-0.4, -0.2) is 87.4 Å². The van der Waals surface area contributed by atoms with Gasteiger partial charge in [0.05, 0.1) is 18.8 Å². The quantitative estimate of drug-likeness (QED) is 0.251. The highest BCUT2D eigenvalue weighted by molar-refractivity contribution is 6.38. The fraction of sp³-hybridized carbons (Fsp3) is 0.667. The largest absolute Gasteiger partial charge is 0.347 e. The lowest BCUT2D eigenvalue weighted by Gasteiger charge is -2.36. The molecule has 0 radical (unpaired) electrons. The van der Waals surface area contributed by atoms with Gasteiger partial charge in [0.25, 0.3) is 11.8 Å². The lowest BCUT2D eigenvalue weighted by molar-refractivity contribution is -0.145. The van der Waals surface area contributed by atoms with Crippen molar-refractivity contribution in [1.82, 2.24) is 36.1 Å². The monoisotopic (exact) mass is 597 g/mol. The van der Waals surface area contributed by atoms with Crippen LogP contribution in [0.4, 0.5) is 0 Å². The molecular weight excluding hydrogens is 554 g/mol. The number of likely N-dealkylation sites (tertiary alicyclic amines) is 1. The lowest BCUT2D eigenvalue weighted by atomic mass is 9.85. The van der Waals surface area contributed by atoms with Gasteiger partial charge in [-0.05, 0) is 49.4 Å². The molecule has 3 fully saturated rings. The van der Waals surface area contributed by atoms with E-state index in [-0.39, 0.29) is 30.1 Å². The first kappa shape index (κ1) is 32.0. The first-order valence-corrected chi connectivity index (χ1v) is 15.2. The molecule has 1 aliphatic heterocycles. The molecule has 2 heterocycles. The minimum atomic E-state index is -0.986. The zero-order valence-corrected chi connectivity index (χ0v) is 25.4. The zero-order chi connectivity index (χ0) is 31.3. The predicted octanol–water partition coefficient (Wildman–Crippen LogP) is 0.497. The van der Waals surface area contributed by atoms with Gasteiger partial charge < -0.3 is 26.2 Å². The molecule has 0 aromatic carbocycles. The second-order valence-corrected chi connectivity index (χ2v) is 12.9. The second kappa shape index (κ2) is 13.6. The van der Waals surface area contributed by atoms with Crippen LogP contribution in [0.1, 0.15) is 83.1 Å². The molecule has 3 aliphatic rings. The van der Waals surface area contributed by atoms with Crippen molar-refractivity contribution in [3.8, 4) is 0 Å². The number of hydrogen-bond acceptors (Lipinski definition) is 8. The van der Waals surface area contributed by atoms with Gasteiger partial charge in [-0.25, -0.2) is 4.98 Å². The van der Waals surface area contributed by atoms with E-state index in [1.54, 1.807) is 0 Å². The van der Waals surface area contributed by atoms with Gasteiger partial charge in [-0.2, -0.15) is 0 Å². The summed E-state index contributed by atoms with van der Waals surface area (Å²) in [7, 11) is 0. The van der Waals surface area contributed by atoms with Gasteiger partial charge >= 0.3 is 0 Å². The molecule has 4 N–H and O–H groups in total. The predicted molar refractivity (Wildman–Crippen MR) is 155 cm³/mol. The molecule has 0 spiro atoms. The number of rotatable bonds is 12. The Morgan fingerprint density at radius 1 is 1.02 bits per heavy atom. The van der Waals surface area contributed by atoms with E-state index in [9.17, 15) is 28.8 Å². The Morgan fingerprint density at radius 2 is 1.77 bits per heavy atom. The topological polar surface area (TPSA) is 180 Å². The number of aromatic nitrogens is 2. The van der Waals surface area contributed by atoms with Crippen molar-refractivity contribution < 1.29 is 28.8 Å². The first-order chi connectivity index (χ1) is 20.4. The average molecular weight is 598 g/mol. The number of hydrogen-bond donors (Lipinski definition) is 4. The zero-order valence-electron chi connectivity index (χ0n) is 25.4. The number of ketones is 1. The highest BCUT2D eigenvalue weighted by Crippen LogP contribution is 2.43. The van der Waals surface area contributed by atoms with E-state index in [4.69, 9.17) is 0 Å². The number of carbonyl (C=O) groups is 6. The van der Waals surface area contributed by atoms with Gasteiger partial charge in [0.2, 0.25) is 23.5 Å². The minimum Gasteiger partial charge on any atom is -0.347 e. The summed E-state index contributed by atoms with van der Waals surface area (Å²) in [4.78, 5) is 87.9. The van der Waals surface area contributed by atoms with Gasteiger partial charge in [0.1, 0.15) is 17.8 Å². The van der Waals surface area contributed by atoms with Crippen molar-refractivity contribution in [2.45, 2.75) is 96.8 Å². The lowest BCUT2D eigenvalue weighted by Crippen LogP contribution is -2.60. The fourth-order valence-electron chi connectivity index (χ4n) is 6.02. The van der Waals surface area contributed by atoms with E-state index in [1.807, 2.05) is 27.7 Å². The molecule has 43 heavy (non-hydrogen) atoms. The molecule has 5 amide bonds. The summed E-state index contributed by atoms with van der Waals surface area (Å²) in [5.41, 5.74) is -0.664. The maximum Gasteiger partial charge on any atom is 0.289 e. The van der Waals surface area contributed by atoms with Crippen LogP contribution in [0.25, 0.3) is 0 Å². The Labute approximate surface area is 251 Å². The third kappa shape index (κ3) is 7.94. The van der Waals surface area contributed by atoms with Crippen molar-refractivity contribution in [2.75, 3.05) is 13.1 Å². The van der Waals surface area contributed by atoms with E-state index in [0.717, 1.165) is 32.1 Å². The highest BCUT2D eigenvalue weighted by atomic mass is 16.2. The molecule has 0 bridgehead atoms. The Balaban J connectivity index is 1.47. The van der Waals surface area contributed by atoms with Crippen LogP contribution < -0.4 is 21.3 Å². The summed E-state index contributed by atoms with van der Waals surface area (Å²) in [5.74, 6) is -3.32. The van der Waals surface area contributed by atoms with Gasteiger partial charge in [-0.1, -0.05) is 40.5 Å². The van der Waals surface area contributed by atoms with E-state index in [2.05, 4.69) is 31.2 Å². The molecule has 13 nitrogen and oxygen atoms in total. The van der Waals surface area contributed by atoms with Crippen LogP contribution in [0.15, 0.2) is 18.6 Å². The first-order valence-electron chi connectivity index (χ1n) is 15.2. The van der Waals surface area contributed by atoms with Crippen molar-refractivity contribution in [1.29, 1.82) is 0 Å². The van der Waals surface area contributed by atoms with Crippen molar-refractivity contribution in [3.63, 3.8) is 0 Å². The summed E-state index contributed by atoms with van der Waals surface area (Å²) in [6.45, 7) is 7.29. The fourth-order valence-corrected chi connectivity index (χ4v) is 6.02. The number of amides is 5. The third-order valence-electron chi connectivity index (χ3n) is 8.41. The number of nitrogens with zero attached hydrogens (tertiary/aromatic N) is 3. The van der Waals surface area contributed by atoms with Crippen LogP contribution in [-0.2, 0) is 24.0 Å². The van der Waals surface area contributed by atoms with Crippen LogP contribution in [0, 0.1) is 17.3 Å². The number of fused-ring (bicyclic) bond motifs is 1. The molecule has 1 saturated heterocycles. The number of nitrogens with one attached hydrogen (secondary N) is 4. The van der Waals surface area contributed by atoms with E-state index in [1.165, 1.54) is 23.5 Å². The molecule has 5 atom stereocenters. The Hall–Kier alpha value is -3.90. The van der Waals surface area contributed by atoms with Gasteiger partial charge in [0, 0.05) is 25.0 Å². The summed E-state index contributed by atoms with van der Waals surface area (Å²) in [5, 5.41) is 10.8. The standard InChI is InChI=1S/C30H43N7O6/c1-5-7-20(24(39)28(42)34-18-10-11-18)35-27(41)23-19-9-6-8-17(19)16-37(23)29(43)25(30(2,3)4)36-22(38)15-33-26(40)21-14-31-12-13-32-21/h12-14,17-20,23,25H,5-11,15-16H2,1-4H3,(H,33,40)(H,34,42)(H,35,41)(H,36,38)/t17-,19-,20-,23-,25+/m0/s1. The molecule has 2 saturated carbocycles. The third-order valence-corrected chi connectivity index (χ3v) is 8.41. The minimum absolute atomic E-state index is 0.0153. The molecule has 1 aromatic rings. The van der Waals surface area contributed by atoms with E-state index in [0.29, 0.717) is 19.4 Å². The number of carbonyl (C=O) groups excluding carboxylic acids is 6. The highest BCUT2D eigenvalue weighted by Gasteiger charge is 2.52. The smallest absolute Gasteiger partial charge is 0.289 e. The summed E-state index contributed by atoms with van der Waals surface area (Å²) in [6.07, 6.45) is 9.22. The van der Waals surface area contributed by atoms with Gasteiger partial charge in [0.15, 0.2) is 0 Å². The van der Waals surface area contributed by atoms with Crippen molar-refractivity contribution >= 4 is 35.3 Å². The Morgan fingerprint density at radius 3 is 2.40 bits per heavy atom. The summed E-state index contributed by atoms with van der Waals surface area (Å²) >= 11 is 0. The molecule has 2 aliphatic carbocycles. The van der Waals surface area contributed by atoms with Crippen molar-refractivity contribution in [3.05, 3.63) is 24.3 Å². The van der Waals surface area contributed by atoms with Gasteiger partial charge in [-0.15, -0.1) is 0 Å². The molecule has 4 rings (SSSR count). The SMILES string of the molecule is CCC[C@H](NC(=O)[C@@H]1[C@H]2CCC[C@H]2CN1C(=O)[C@@H](NC(=O)CNC(=O)c1cnccn1)C(C)(C)C)C(=O)C(=O)NC1CC1. The van der Waals surface area contributed by atoms with E-state index >= 15 is 0 Å². The molecule has 0 unspecified atom stereocenters. The molecule has 234 valence electrons. The Bertz CT molecular complexity index is 1230. The average Bonchev–Trinajstić information content (AvgIpc) is 3.53. The van der Waals surface area contributed by atoms with Crippen LogP contribution >= 0.6 is 0 Å². The van der Waals surface area contributed by atoms with Gasteiger partial charge in [-0.3, -0.25) is 33.8 Å². The molecular formula is C30H43N7O6. The normalized spacial score (nSPS) is 22.6. The molecule has 1 aromatic heterocycles. The maximum absolute atomic E-state index is 14.1. The van der Waals surface area contributed by atoms with E-state index < -0.39 is 58.9 Å². The number of Topliss-reactive ketones (excluding diaryl/α,β-unsaturated/α-hetero) is 1. The summed E-state index contributed by atoms with van der Waals surface area (Å²) < 4.78 is 0. The Kier molecular flexibility index (Phi) is 10.1. The van der Waals surface area contributed by atoms with Crippen LogP contribution in [0.2, 0.25) is 0 Å². The maximum atomic E-state index is 14.1. The van der Waals surface area contributed by atoms with Crippen LogP contribution in [0.3, 0.4) is 0 Å². The summed E-state index contributed by atoms with van der Waals surface area (Å²) in [6, 6.07) is -2.78.